The van der Waals surface area contributed by atoms with Gasteiger partial charge in [-0.3, -0.25) is 4.79 Å². The molecule has 3 nitrogen and oxygen atoms in total. The lowest BCUT2D eigenvalue weighted by Crippen LogP contribution is -2.33. The second-order valence-electron chi connectivity index (χ2n) is 5.07. The van der Waals surface area contributed by atoms with Crippen molar-refractivity contribution in [1.82, 2.24) is 5.32 Å². The second-order valence-corrected chi connectivity index (χ2v) is 5.07. The van der Waals surface area contributed by atoms with Crippen molar-refractivity contribution in [2.75, 3.05) is 5.73 Å². The van der Waals surface area contributed by atoms with Gasteiger partial charge in [-0.15, -0.1) is 0 Å². The van der Waals surface area contributed by atoms with E-state index in [2.05, 4.69) is 36.5 Å². The Hall–Kier alpha value is -2.13. The Labute approximate surface area is 119 Å². The van der Waals surface area contributed by atoms with Gasteiger partial charge < -0.3 is 11.1 Å². The predicted molar refractivity (Wildman–Crippen MR) is 82.7 cm³/mol. The van der Waals surface area contributed by atoms with Gasteiger partial charge in [0.25, 0.3) is 0 Å². The third-order valence-corrected chi connectivity index (χ3v) is 3.32. The first-order chi connectivity index (χ1) is 9.56. The van der Waals surface area contributed by atoms with Gasteiger partial charge in [0, 0.05) is 17.8 Å². The smallest absolute Gasteiger partial charge is 0.179 e. The van der Waals surface area contributed by atoms with Crippen LogP contribution in [0.25, 0.3) is 0 Å². The van der Waals surface area contributed by atoms with E-state index < -0.39 is 0 Å². The van der Waals surface area contributed by atoms with Crippen molar-refractivity contribution in [1.29, 1.82) is 0 Å². The highest BCUT2D eigenvalue weighted by Gasteiger charge is 2.14. The molecule has 0 radical (unpaired) electrons. The van der Waals surface area contributed by atoms with E-state index in [1.807, 2.05) is 6.92 Å². The molecule has 0 aliphatic rings. The molecule has 0 saturated carbocycles. The SMILES string of the molecule is Cc1ccc(CNC(C)C(=O)c2ccc(N)cc2)cc1. The molecule has 1 unspecified atom stereocenters. The second kappa shape index (κ2) is 6.35. The van der Waals surface area contributed by atoms with Crippen LogP contribution in [-0.2, 0) is 6.54 Å². The van der Waals surface area contributed by atoms with Gasteiger partial charge in [-0.25, -0.2) is 0 Å². The number of carbonyl (C=O) groups is 1. The Morgan fingerprint density at radius 3 is 2.30 bits per heavy atom. The molecular formula is C17H20N2O. The number of benzene rings is 2. The normalized spacial score (nSPS) is 12.1. The number of nitrogens with one attached hydrogen (secondary N) is 1. The summed E-state index contributed by atoms with van der Waals surface area (Å²) in [5, 5.41) is 3.25. The van der Waals surface area contributed by atoms with Crippen molar-refractivity contribution in [3.05, 3.63) is 65.2 Å². The summed E-state index contributed by atoms with van der Waals surface area (Å²) in [6, 6.07) is 15.1. The zero-order valence-electron chi connectivity index (χ0n) is 11.9. The fourth-order valence-corrected chi connectivity index (χ4v) is 1.97. The number of ketones is 1. The molecule has 0 amide bonds. The predicted octanol–water partition coefficient (Wildman–Crippen LogP) is 2.94. The maximum atomic E-state index is 12.2. The van der Waals surface area contributed by atoms with Crippen molar-refractivity contribution in [3.8, 4) is 0 Å². The maximum Gasteiger partial charge on any atom is 0.179 e. The minimum absolute atomic E-state index is 0.0807. The van der Waals surface area contributed by atoms with Gasteiger partial charge in [-0.2, -0.15) is 0 Å². The molecule has 104 valence electrons. The average Bonchev–Trinajstić information content (AvgIpc) is 2.46. The average molecular weight is 268 g/mol. The van der Waals surface area contributed by atoms with Crippen LogP contribution < -0.4 is 11.1 Å². The molecule has 0 aliphatic heterocycles. The molecule has 3 heteroatoms. The monoisotopic (exact) mass is 268 g/mol. The molecule has 2 aromatic rings. The van der Waals surface area contributed by atoms with Crippen molar-refractivity contribution in [3.63, 3.8) is 0 Å². The number of Topliss-reactive ketones (excluding diaryl/α,β-unsaturated/α-hetero) is 1. The van der Waals surface area contributed by atoms with E-state index in [9.17, 15) is 4.79 Å². The number of carbonyl (C=O) groups excluding carboxylic acids is 1. The van der Waals surface area contributed by atoms with Crippen LogP contribution in [0.4, 0.5) is 5.69 Å². The van der Waals surface area contributed by atoms with Crippen LogP contribution in [0.3, 0.4) is 0 Å². The van der Waals surface area contributed by atoms with E-state index in [-0.39, 0.29) is 11.8 Å². The Morgan fingerprint density at radius 2 is 1.70 bits per heavy atom. The van der Waals surface area contributed by atoms with Gasteiger partial charge >= 0.3 is 0 Å². The van der Waals surface area contributed by atoms with Crippen molar-refractivity contribution >= 4 is 11.5 Å². The van der Waals surface area contributed by atoms with Gasteiger partial charge in [0.05, 0.1) is 6.04 Å². The summed E-state index contributed by atoms with van der Waals surface area (Å²) in [5.74, 6) is 0.0807. The number of hydrogen-bond donors (Lipinski definition) is 2. The van der Waals surface area contributed by atoms with E-state index in [0.29, 0.717) is 17.8 Å². The molecule has 0 aromatic heterocycles. The third kappa shape index (κ3) is 3.68. The van der Waals surface area contributed by atoms with Crippen LogP contribution in [0.1, 0.15) is 28.4 Å². The molecule has 0 spiro atoms. The van der Waals surface area contributed by atoms with Crippen LogP contribution in [-0.4, -0.2) is 11.8 Å². The van der Waals surface area contributed by atoms with E-state index in [4.69, 9.17) is 5.73 Å². The number of nitrogen functional groups attached to an aromatic ring is 1. The van der Waals surface area contributed by atoms with Crippen molar-refractivity contribution in [2.24, 2.45) is 0 Å². The Morgan fingerprint density at radius 1 is 1.10 bits per heavy atom. The summed E-state index contributed by atoms with van der Waals surface area (Å²) in [6.45, 7) is 4.62. The number of hydrogen-bond acceptors (Lipinski definition) is 3. The lowest BCUT2D eigenvalue weighted by Gasteiger charge is -2.13. The van der Waals surface area contributed by atoms with Crippen molar-refractivity contribution in [2.45, 2.75) is 26.4 Å². The highest BCUT2D eigenvalue weighted by Crippen LogP contribution is 2.09. The maximum absolute atomic E-state index is 12.2. The number of anilines is 1. The number of nitrogens with two attached hydrogens (primary N) is 1. The first-order valence-electron chi connectivity index (χ1n) is 6.75. The quantitative estimate of drug-likeness (QED) is 0.647. The summed E-state index contributed by atoms with van der Waals surface area (Å²) in [5.41, 5.74) is 9.38. The fourth-order valence-electron chi connectivity index (χ4n) is 1.97. The van der Waals surface area contributed by atoms with Crippen LogP contribution in [0, 0.1) is 6.92 Å². The molecule has 20 heavy (non-hydrogen) atoms. The minimum atomic E-state index is -0.222. The molecule has 3 N–H and O–H groups in total. The molecular weight excluding hydrogens is 248 g/mol. The molecule has 0 heterocycles. The van der Waals surface area contributed by atoms with Gasteiger partial charge in [-0.1, -0.05) is 29.8 Å². The van der Waals surface area contributed by atoms with E-state index in [0.717, 1.165) is 0 Å². The van der Waals surface area contributed by atoms with Gasteiger partial charge in [0.1, 0.15) is 0 Å². The van der Waals surface area contributed by atoms with Crippen LogP contribution in [0.5, 0.6) is 0 Å². The van der Waals surface area contributed by atoms with E-state index in [1.165, 1.54) is 11.1 Å². The highest BCUT2D eigenvalue weighted by atomic mass is 16.1. The van der Waals surface area contributed by atoms with Crippen molar-refractivity contribution < 1.29 is 4.79 Å². The van der Waals surface area contributed by atoms with E-state index in [1.54, 1.807) is 24.3 Å². The first kappa shape index (κ1) is 14.3. The lowest BCUT2D eigenvalue weighted by molar-refractivity contribution is 0.0950. The van der Waals surface area contributed by atoms with E-state index >= 15 is 0 Å². The number of rotatable bonds is 5. The molecule has 0 aliphatic carbocycles. The topological polar surface area (TPSA) is 55.1 Å². The van der Waals surface area contributed by atoms with Gasteiger partial charge in [0.15, 0.2) is 5.78 Å². The van der Waals surface area contributed by atoms with Crippen LogP contribution in [0.2, 0.25) is 0 Å². The third-order valence-electron chi connectivity index (χ3n) is 3.32. The molecule has 0 bridgehead atoms. The lowest BCUT2D eigenvalue weighted by atomic mass is 10.0. The van der Waals surface area contributed by atoms with Gasteiger partial charge in [0.2, 0.25) is 0 Å². The fraction of sp³-hybridized carbons (Fsp3) is 0.235. The zero-order chi connectivity index (χ0) is 14.5. The van der Waals surface area contributed by atoms with Crippen LogP contribution >= 0.6 is 0 Å². The molecule has 0 saturated heterocycles. The summed E-state index contributed by atoms with van der Waals surface area (Å²) in [7, 11) is 0. The van der Waals surface area contributed by atoms with Crippen LogP contribution in [0.15, 0.2) is 48.5 Å². The molecule has 0 fully saturated rings. The number of aryl methyl sites for hydroxylation is 1. The largest absolute Gasteiger partial charge is 0.399 e. The standard InChI is InChI=1S/C17H20N2O/c1-12-3-5-14(6-4-12)11-19-13(2)17(20)15-7-9-16(18)10-8-15/h3-10,13,19H,11,18H2,1-2H3. The molecule has 2 aromatic carbocycles. The summed E-state index contributed by atoms with van der Waals surface area (Å²) in [6.07, 6.45) is 0. The Balaban J connectivity index is 1.94. The molecule has 2 rings (SSSR count). The first-order valence-corrected chi connectivity index (χ1v) is 6.75. The zero-order valence-corrected chi connectivity index (χ0v) is 11.9. The van der Waals surface area contributed by atoms with Gasteiger partial charge in [-0.05, 0) is 43.7 Å². The molecule has 1 atom stereocenters. The highest BCUT2D eigenvalue weighted by molar-refractivity contribution is 6.00. The summed E-state index contributed by atoms with van der Waals surface area (Å²) in [4.78, 5) is 12.2. The summed E-state index contributed by atoms with van der Waals surface area (Å²) < 4.78 is 0. The Bertz CT molecular complexity index is 573. The minimum Gasteiger partial charge on any atom is -0.399 e. The Kier molecular flexibility index (Phi) is 4.53. The summed E-state index contributed by atoms with van der Waals surface area (Å²) >= 11 is 0.